The largest absolute Gasteiger partial charge is 0.384 e. The molecule has 282 valence electrons. The molecule has 2 aliphatic heterocycles. The number of benzene rings is 2. The van der Waals surface area contributed by atoms with Crippen molar-refractivity contribution in [3.63, 3.8) is 0 Å². The third-order valence-corrected chi connectivity index (χ3v) is 11.0. The number of nitrogens with one attached hydrogen (secondary N) is 3. The molecule has 4 atom stereocenters. The Morgan fingerprint density at radius 2 is 1.75 bits per heavy atom. The number of aliphatic hydroxyl groups excluding tert-OH is 1. The van der Waals surface area contributed by atoms with Gasteiger partial charge in [-0.05, 0) is 75.0 Å². The van der Waals surface area contributed by atoms with Crippen LogP contribution in [0.4, 0.5) is 0 Å². The second kappa shape index (κ2) is 16.3. The van der Waals surface area contributed by atoms with Gasteiger partial charge in [0.25, 0.3) is 5.91 Å². The zero-order valence-electron chi connectivity index (χ0n) is 29.8. The minimum absolute atomic E-state index is 0. The lowest BCUT2D eigenvalue weighted by molar-refractivity contribution is -0.143. The van der Waals surface area contributed by atoms with Crippen molar-refractivity contribution in [3.8, 4) is 0 Å². The van der Waals surface area contributed by atoms with Crippen LogP contribution in [0.5, 0.6) is 0 Å². The van der Waals surface area contributed by atoms with E-state index in [2.05, 4.69) is 26.3 Å². The van der Waals surface area contributed by atoms with Gasteiger partial charge in [0.2, 0.25) is 17.7 Å². The van der Waals surface area contributed by atoms with Crippen LogP contribution in [0.1, 0.15) is 93.7 Å². The van der Waals surface area contributed by atoms with E-state index in [-0.39, 0.29) is 50.0 Å². The van der Waals surface area contributed by atoms with Crippen LogP contribution in [-0.4, -0.2) is 97.1 Å². The minimum Gasteiger partial charge on any atom is -0.384 e. The van der Waals surface area contributed by atoms with Crippen molar-refractivity contribution in [2.75, 3.05) is 19.6 Å². The van der Waals surface area contributed by atoms with Crippen LogP contribution >= 0.6 is 12.4 Å². The van der Waals surface area contributed by atoms with Gasteiger partial charge in [0.15, 0.2) is 6.10 Å². The topological polar surface area (TPSA) is 205 Å². The lowest BCUT2D eigenvalue weighted by Gasteiger charge is -2.42. The monoisotopic (exact) mass is 738 g/mol. The molecule has 4 amide bonds. The number of aliphatic hydroxyl groups is 2. The average Bonchev–Trinajstić information content (AvgIpc) is 3.80. The zero-order valence-corrected chi connectivity index (χ0v) is 30.6. The van der Waals surface area contributed by atoms with E-state index in [4.69, 9.17) is 5.73 Å². The van der Waals surface area contributed by atoms with Gasteiger partial charge in [0.05, 0.1) is 23.5 Å². The molecule has 0 radical (unpaired) electrons. The summed E-state index contributed by atoms with van der Waals surface area (Å²) in [4.78, 5) is 56.8. The van der Waals surface area contributed by atoms with E-state index >= 15 is 0 Å². The number of nitrogens with zero attached hydrogens (tertiary/aromatic N) is 4. The quantitative estimate of drug-likeness (QED) is 0.170. The molecule has 1 saturated carbocycles. The van der Waals surface area contributed by atoms with Gasteiger partial charge in [-0.3, -0.25) is 19.2 Å². The number of aromatic nitrogens is 3. The number of amides is 4. The summed E-state index contributed by atoms with van der Waals surface area (Å²) in [6.07, 6.45) is 5.99. The number of hydrogen-bond acceptors (Lipinski definition) is 9. The Bertz CT molecular complexity index is 1750. The first-order valence-corrected chi connectivity index (χ1v) is 18.1. The predicted molar refractivity (Wildman–Crippen MR) is 196 cm³/mol. The number of carbonyl (C=O) groups excluding carboxylic acids is 4. The Hall–Kier alpha value is -4.11. The molecular weight excluding hydrogens is 688 g/mol. The molecule has 6 rings (SSSR count). The van der Waals surface area contributed by atoms with Gasteiger partial charge in [0.1, 0.15) is 17.7 Å². The number of piperidine rings is 1. The molecule has 1 aliphatic carbocycles. The van der Waals surface area contributed by atoms with Crippen molar-refractivity contribution in [2.24, 2.45) is 11.7 Å². The summed E-state index contributed by atoms with van der Waals surface area (Å²) in [5.74, 6) is -2.07. The first-order valence-electron chi connectivity index (χ1n) is 18.1. The smallest absolute Gasteiger partial charge is 0.251 e. The molecule has 1 unspecified atom stereocenters. The van der Waals surface area contributed by atoms with Gasteiger partial charge >= 0.3 is 0 Å². The van der Waals surface area contributed by atoms with Crippen molar-refractivity contribution in [1.29, 1.82) is 0 Å². The Labute approximate surface area is 309 Å². The third kappa shape index (κ3) is 8.41. The Balaban J connectivity index is 0.00000523. The van der Waals surface area contributed by atoms with E-state index in [0.717, 1.165) is 42.9 Å². The number of likely N-dealkylation sites (tertiary alicyclic amines) is 1. The fraction of sp³-hybridized carbons (Fsp3) is 0.568. The summed E-state index contributed by atoms with van der Waals surface area (Å²) in [5, 5.41) is 41.2. The minimum atomic E-state index is -1.64. The number of rotatable bonds is 11. The van der Waals surface area contributed by atoms with Crippen LogP contribution in [0.25, 0.3) is 10.8 Å². The standard InChI is InChI=1S/C37H50N8O6.ClH/c1-36(2,51)30-21-40-43-45(30)27-20-29(34(49)42-37(31(46)32(38)47)14-16-39-17-15-37)44(22-27)35(50)28(18-23-8-4-3-5-9-23)41-33(48)26-13-12-24-10-6-7-11-25(24)19-26;/h6-7,10-13,19,21,23,27-29,31,39,46,51H,3-5,8-9,14-18,20,22H2,1-2H3,(H2,38,47)(H,41,48)(H,42,49);1H/t27-,28+,29-,31?;/m0./s1. The molecule has 2 saturated heterocycles. The molecular formula is C37H51ClN8O6. The van der Waals surface area contributed by atoms with Crippen LogP contribution in [-0.2, 0) is 20.0 Å². The maximum atomic E-state index is 14.8. The molecule has 1 aromatic heterocycles. The fourth-order valence-electron chi connectivity index (χ4n) is 8.13. The summed E-state index contributed by atoms with van der Waals surface area (Å²) < 4.78 is 1.55. The molecule has 0 spiro atoms. The second-order valence-corrected chi connectivity index (χ2v) is 15.0. The second-order valence-electron chi connectivity index (χ2n) is 15.0. The van der Waals surface area contributed by atoms with E-state index in [1.165, 1.54) is 11.1 Å². The molecule has 52 heavy (non-hydrogen) atoms. The van der Waals surface area contributed by atoms with E-state index in [1.807, 2.05) is 30.3 Å². The summed E-state index contributed by atoms with van der Waals surface area (Å²) in [7, 11) is 0. The first kappa shape index (κ1) is 39.1. The van der Waals surface area contributed by atoms with Crippen molar-refractivity contribution in [2.45, 2.75) is 107 Å². The molecule has 7 N–H and O–H groups in total. The predicted octanol–water partition coefficient (Wildman–Crippen LogP) is 2.08. The lowest BCUT2D eigenvalue weighted by Crippen LogP contribution is -2.66. The summed E-state index contributed by atoms with van der Waals surface area (Å²) >= 11 is 0. The van der Waals surface area contributed by atoms with Crippen molar-refractivity contribution < 1.29 is 29.4 Å². The highest BCUT2D eigenvalue weighted by atomic mass is 35.5. The van der Waals surface area contributed by atoms with Gasteiger partial charge in [-0.2, -0.15) is 0 Å². The highest BCUT2D eigenvalue weighted by Gasteiger charge is 2.49. The molecule has 0 bridgehead atoms. The number of nitrogens with two attached hydrogens (primary N) is 1. The SMILES string of the molecule is CC(C)(O)c1cnnn1[C@H]1C[C@@H](C(=O)NC2(C(O)C(N)=O)CCNCC2)N(C(=O)[C@@H](CC2CCCCC2)NC(=O)c2ccc3ccccc3c2)C1.Cl. The van der Waals surface area contributed by atoms with Crippen LogP contribution in [0.2, 0.25) is 0 Å². The third-order valence-electron chi connectivity index (χ3n) is 11.0. The van der Waals surface area contributed by atoms with Crippen molar-refractivity contribution in [1.82, 2.24) is 35.8 Å². The highest BCUT2D eigenvalue weighted by Crippen LogP contribution is 2.34. The molecule has 14 nitrogen and oxygen atoms in total. The van der Waals surface area contributed by atoms with Gasteiger partial charge < -0.3 is 36.8 Å². The molecule has 3 fully saturated rings. The van der Waals surface area contributed by atoms with Crippen LogP contribution < -0.4 is 21.7 Å². The Morgan fingerprint density at radius 1 is 1.06 bits per heavy atom. The van der Waals surface area contributed by atoms with E-state index in [1.54, 1.807) is 30.7 Å². The van der Waals surface area contributed by atoms with Crippen molar-refractivity contribution in [3.05, 3.63) is 59.9 Å². The highest BCUT2D eigenvalue weighted by molar-refractivity contribution is 6.01. The number of carbonyl (C=O) groups is 4. The molecule has 3 heterocycles. The number of fused-ring (bicyclic) bond motifs is 1. The van der Waals surface area contributed by atoms with Crippen LogP contribution in [0, 0.1) is 5.92 Å². The van der Waals surface area contributed by atoms with E-state index in [9.17, 15) is 29.4 Å². The van der Waals surface area contributed by atoms with Crippen LogP contribution in [0.3, 0.4) is 0 Å². The summed E-state index contributed by atoms with van der Waals surface area (Å²) in [5.41, 5.74) is 3.77. The first-order chi connectivity index (χ1) is 24.4. The summed E-state index contributed by atoms with van der Waals surface area (Å²) in [6, 6.07) is 10.7. The maximum absolute atomic E-state index is 14.8. The number of halogens is 1. The van der Waals surface area contributed by atoms with Crippen molar-refractivity contribution >= 4 is 46.8 Å². The fourth-order valence-corrected chi connectivity index (χ4v) is 8.13. The Kier molecular flexibility index (Phi) is 12.2. The lowest BCUT2D eigenvalue weighted by atomic mass is 9.82. The molecule has 2 aromatic carbocycles. The van der Waals surface area contributed by atoms with E-state index < -0.39 is 53.1 Å². The Morgan fingerprint density at radius 3 is 2.42 bits per heavy atom. The number of hydrogen-bond donors (Lipinski definition) is 6. The van der Waals surface area contributed by atoms with Gasteiger partial charge in [-0.1, -0.05) is 67.6 Å². The molecule has 3 aliphatic rings. The normalized spacial score (nSPS) is 21.9. The zero-order chi connectivity index (χ0) is 36.3. The average molecular weight is 739 g/mol. The van der Waals surface area contributed by atoms with Gasteiger partial charge in [-0.25, -0.2) is 4.68 Å². The van der Waals surface area contributed by atoms with Gasteiger partial charge in [0, 0.05) is 18.5 Å². The summed E-state index contributed by atoms with van der Waals surface area (Å²) in [6.45, 7) is 4.17. The molecule has 15 heteroatoms. The van der Waals surface area contributed by atoms with E-state index in [0.29, 0.717) is 30.8 Å². The maximum Gasteiger partial charge on any atom is 0.251 e. The molecule has 3 aromatic rings. The van der Waals surface area contributed by atoms with Crippen LogP contribution in [0.15, 0.2) is 48.7 Å². The number of primary amides is 1. The van der Waals surface area contributed by atoms with Gasteiger partial charge in [-0.15, -0.1) is 17.5 Å².